The van der Waals surface area contributed by atoms with E-state index in [4.69, 9.17) is 25.7 Å². The molecule has 0 aromatic heterocycles. The summed E-state index contributed by atoms with van der Waals surface area (Å²) in [7, 11) is 0. The number of guanidine groups is 1. The fourth-order valence-electron chi connectivity index (χ4n) is 7.43. The molecule has 418 valence electrons. The molecule has 0 aliphatic rings. The van der Waals surface area contributed by atoms with Crippen LogP contribution in [-0.2, 0) is 85.2 Å². The molecule has 5 aromatic rings. The second-order valence-electron chi connectivity index (χ2n) is 17.6. The van der Waals surface area contributed by atoms with E-state index in [1.165, 1.54) is 0 Å². The molecule has 5 rings (SSSR count). The Labute approximate surface area is 461 Å². The van der Waals surface area contributed by atoms with Crippen molar-refractivity contribution in [3.8, 4) is 0 Å². The molecule has 5 aromatic carbocycles. The molecule has 0 spiro atoms. The monoisotopic (exact) mass is 1110 g/mol. The summed E-state index contributed by atoms with van der Waals surface area (Å²) in [6.07, 6.45) is -1.60. The Kier molecular flexibility index (Phi) is 26.6. The Morgan fingerprint density at radius 2 is 0.937 bits per heavy atom. The van der Waals surface area contributed by atoms with Crippen LogP contribution in [0.3, 0.4) is 0 Å². The standard InChI is InChI=1S/C55H62N10O13.ClH/c56-42(31-48(67)76-34-39-21-10-3-11-22-39)50(69)62-44(29-37-17-6-1-7-18-37)52(71)61-43(27-16-28-58-55(57)64-65(74)75)51(70)59-33-47(66)60-45(32-49(68)77-35-40-23-12-4-13-24-40)53(72)63-46(30-38-19-8-2-9-20-38)54(73)78-36-41-25-14-5-15-26-41;/h1-15,17-26,42-46H,16,27-36,56H2,(H,59,70)(H,60,66)(H,61,71)(H,62,69)(H,63,72)(H3,57,58,64);1H/t42-,43-,44-,45-,46-;/m0./s1. The summed E-state index contributed by atoms with van der Waals surface area (Å²) in [6, 6.07) is 36.3. The lowest BCUT2D eigenvalue weighted by atomic mass is 10.0. The molecule has 0 radical (unpaired) electrons. The van der Waals surface area contributed by atoms with Crippen LogP contribution in [0.5, 0.6) is 0 Å². The Morgan fingerprint density at radius 1 is 0.519 bits per heavy atom. The number of esters is 3. The number of hydrazine groups is 1. The largest absolute Gasteiger partial charge is 0.461 e. The maximum absolute atomic E-state index is 14.2. The summed E-state index contributed by atoms with van der Waals surface area (Å²) in [4.78, 5) is 124. The third-order valence-corrected chi connectivity index (χ3v) is 11.4. The molecule has 23 nitrogen and oxygen atoms in total. The molecule has 5 atom stereocenters. The lowest BCUT2D eigenvalue weighted by Crippen LogP contribution is -2.57. The fourth-order valence-corrected chi connectivity index (χ4v) is 7.43. The minimum absolute atomic E-state index is 0. The van der Waals surface area contributed by atoms with Crippen LogP contribution >= 0.6 is 12.4 Å². The number of halogens is 1. The average molecular weight is 1110 g/mol. The Bertz CT molecular complexity index is 2800. The van der Waals surface area contributed by atoms with E-state index >= 15 is 0 Å². The van der Waals surface area contributed by atoms with Crippen molar-refractivity contribution >= 4 is 65.8 Å². The molecule has 0 fully saturated rings. The molecule has 0 aliphatic carbocycles. The van der Waals surface area contributed by atoms with E-state index in [9.17, 15) is 48.5 Å². The molecule has 10 N–H and O–H groups in total. The van der Waals surface area contributed by atoms with Crippen LogP contribution < -0.4 is 43.5 Å². The van der Waals surface area contributed by atoms with Crippen molar-refractivity contribution < 1.29 is 57.6 Å². The minimum atomic E-state index is -1.66. The number of carbonyl (C=O) groups is 8. The van der Waals surface area contributed by atoms with Crippen molar-refractivity contribution in [2.75, 3.05) is 13.1 Å². The van der Waals surface area contributed by atoms with Gasteiger partial charge in [0.05, 0.1) is 25.4 Å². The van der Waals surface area contributed by atoms with Crippen LogP contribution in [0.15, 0.2) is 157 Å². The number of nitrogens with zero attached hydrogens (tertiary/aromatic N) is 2. The van der Waals surface area contributed by atoms with E-state index < -0.39 is 108 Å². The third kappa shape index (κ3) is 23.7. The lowest BCUT2D eigenvalue weighted by Gasteiger charge is -2.25. The molecule has 0 saturated carbocycles. The van der Waals surface area contributed by atoms with Gasteiger partial charge < -0.3 is 52.3 Å². The Morgan fingerprint density at radius 3 is 1.43 bits per heavy atom. The topological polar surface area (TPSA) is 344 Å². The number of nitrogens with two attached hydrogens (primary N) is 2. The quantitative estimate of drug-likeness (QED) is 0.00621. The summed E-state index contributed by atoms with van der Waals surface area (Å²) in [5, 5.41) is 22.6. The molecule has 0 unspecified atom stereocenters. The number of carbonyl (C=O) groups excluding carboxylic acids is 8. The molecular weight excluding hydrogens is 1040 g/mol. The minimum Gasteiger partial charge on any atom is -0.461 e. The number of hydrogen-bond acceptors (Lipinski definition) is 15. The van der Waals surface area contributed by atoms with Crippen molar-refractivity contribution in [2.24, 2.45) is 16.5 Å². The first-order chi connectivity index (χ1) is 37.6. The molecule has 79 heavy (non-hydrogen) atoms. The summed E-state index contributed by atoms with van der Waals surface area (Å²) in [5.74, 6) is -7.66. The Balaban J connectivity index is 0.0000134. The van der Waals surface area contributed by atoms with Gasteiger partial charge >= 0.3 is 17.9 Å². The van der Waals surface area contributed by atoms with Gasteiger partial charge in [-0.05, 0) is 40.7 Å². The fraction of sp³-hybridized carbons (Fsp3) is 0.291. The molecular formula is C55H63ClN10O13. The summed E-state index contributed by atoms with van der Waals surface area (Å²) >= 11 is 0. The first kappa shape index (κ1) is 62.3. The predicted molar refractivity (Wildman–Crippen MR) is 290 cm³/mol. The lowest BCUT2D eigenvalue weighted by molar-refractivity contribution is -0.525. The first-order valence-electron chi connectivity index (χ1n) is 24.7. The van der Waals surface area contributed by atoms with Gasteiger partial charge in [-0.15, -0.1) is 12.4 Å². The summed E-state index contributed by atoms with van der Waals surface area (Å²) < 4.78 is 16.3. The van der Waals surface area contributed by atoms with Crippen molar-refractivity contribution in [3.63, 3.8) is 0 Å². The van der Waals surface area contributed by atoms with Crippen LogP contribution in [0.1, 0.15) is 53.5 Å². The highest BCUT2D eigenvalue weighted by Crippen LogP contribution is 2.12. The van der Waals surface area contributed by atoms with Gasteiger partial charge in [-0.1, -0.05) is 157 Å². The average Bonchev–Trinajstić information content (AvgIpc) is 3.44. The number of rotatable bonds is 30. The summed E-state index contributed by atoms with van der Waals surface area (Å²) in [6.45, 7) is -1.33. The van der Waals surface area contributed by atoms with Crippen molar-refractivity contribution in [2.45, 2.75) is 88.6 Å². The summed E-state index contributed by atoms with van der Waals surface area (Å²) in [5.41, 5.74) is 16.6. The van der Waals surface area contributed by atoms with E-state index in [0.717, 1.165) is 0 Å². The van der Waals surface area contributed by atoms with Crippen LogP contribution in [0.25, 0.3) is 0 Å². The molecule has 0 saturated heterocycles. The number of nitro groups is 1. The van der Waals surface area contributed by atoms with Gasteiger partial charge in [0.1, 0.15) is 44.0 Å². The van der Waals surface area contributed by atoms with E-state index in [1.54, 1.807) is 157 Å². The van der Waals surface area contributed by atoms with Crippen LogP contribution in [0.4, 0.5) is 0 Å². The molecule has 0 heterocycles. The van der Waals surface area contributed by atoms with E-state index in [2.05, 4.69) is 31.6 Å². The number of hydrogen-bond donors (Lipinski definition) is 8. The number of ether oxygens (including phenoxy) is 3. The molecule has 0 bridgehead atoms. The zero-order valence-corrected chi connectivity index (χ0v) is 43.7. The smallest absolute Gasteiger partial charge is 0.329 e. The van der Waals surface area contributed by atoms with Crippen molar-refractivity contribution in [3.05, 3.63) is 190 Å². The van der Waals surface area contributed by atoms with Crippen LogP contribution in [0.2, 0.25) is 0 Å². The van der Waals surface area contributed by atoms with Gasteiger partial charge in [-0.3, -0.25) is 33.6 Å². The number of benzene rings is 5. The molecule has 0 aliphatic heterocycles. The SMILES string of the molecule is Cl.NC(=NCCC[C@H](NC(=O)[C@H](Cc1ccccc1)NC(=O)[C@@H](N)CC(=O)OCc1ccccc1)C(=O)NCC(=O)N[C@@H](CC(=O)OCc1ccccc1)C(=O)N[C@@H](Cc1ccccc1)C(=O)OCc1ccccc1)N[N+](=O)[O-]. The number of amides is 5. The van der Waals surface area contributed by atoms with E-state index in [-0.39, 0.29) is 64.5 Å². The maximum atomic E-state index is 14.2. The molecule has 5 amide bonds. The molecule has 24 heteroatoms. The van der Waals surface area contributed by atoms with Crippen molar-refractivity contribution in [1.29, 1.82) is 0 Å². The second kappa shape index (κ2) is 33.7. The highest BCUT2D eigenvalue weighted by atomic mass is 35.5. The second-order valence-corrected chi connectivity index (χ2v) is 17.6. The van der Waals surface area contributed by atoms with Gasteiger partial charge in [-0.2, -0.15) is 0 Å². The van der Waals surface area contributed by atoms with Crippen LogP contribution in [-0.4, -0.2) is 102 Å². The normalized spacial score (nSPS) is 12.7. The third-order valence-electron chi connectivity index (χ3n) is 11.4. The van der Waals surface area contributed by atoms with E-state index in [0.29, 0.717) is 27.8 Å². The zero-order chi connectivity index (χ0) is 56.1. The number of nitrogens with one attached hydrogen (secondary N) is 6. The van der Waals surface area contributed by atoms with Gasteiger partial charge in [0.2, 0.25) is 29.5 Å². The van der Waals surface area contributed by atoms with Gasteiger partial charge in [0.15, 0.2) is 5.03 Å². The van der Waals surface area contributed by atoms with Crippen LogP contribution in [0, 0.1) is 10.1 Å². The maximum Gasteiger partial charge on any atom is 0.329 e. The first-order valence-corrected chi connectivity index (χ1v) is 24.7. The van der Waals surface area contributed by atoms with Gasteiger partial charge in [0, 0.05) is 19.4 Å². The highest BCUT2D eigenvalue weighted by Gasteiger charge is 2.32. The van der Waals surface area contributed by atoms with Gasteiger partial charge in [-0.25, -0.2) is 19.9 Å². The number of aliphatic imine (C=N–C) groups is 1. The van der Waals surface area contributed by atoms with Gasteiger partial charge in [0.25, 0.3) is 5.96 Å². The van der Waals surface area contributed by atoms with Crippen molar-refractivity contribution in [1.82, 2.24) is 32.0 Å². The zero-order valence-electron chi connectivity index (χ0n) is 42.9. The highest BCUT2D eigenvalue weighted by molar-refractivity contribution is 5.97. The van der Waals surface area contributed by atoms with E-state index in [1.807, 2.05) is 0 Å². The Hall–Kier alpha value is -9.22. The predicted octanol–water partition coefficient (Wildman–Crippen LogP) is 2.16.